The van der Waals surface area contributed by atoms with Crippen molar-refractivity contribution < 1.29 is 18.0 Å². The standard InChI is InChI=1S/C22H20F3N5OS/c1-12-6-4-5-7-16(12)27-19(31)17-13(2)26-20-28-21(32-3)29-30(20)18(17)14-8-10-15(11-9-14)22(23,24)25/h4-11,18H,1-3H3,(H,27,31)(H,26,28,29)/t18-/m0/s1. The zero-order chi connectivity index (χ0) is 23.0. The minimum atomic E-state index is -4.45. The fourth-order valence-corrected chi connectivity index (χ4v) is 3.92. The third-order valence-electron chi connectivity index (χ3n) is 5.21. The number of alkyl halides is 3. The number of carbonyl (C=O) groups is 1. The summed E-state index contributed by atoms with van der Waals surface area (Å²) in [6, 6.07) is 11.4. The van der Waals surface area contributed by atoms with Crippen LogP contribution < -0.4 is 10.6 Å². The minimum Gasteiger partial charge on any atom is -0.328 e. The fourth-order valence-electron chi connectivity index (χ4n) is 3.58. The van der Waals surface area contributed by atoms with Crippen LogP contribution in [0.1, 0.15) is 29.7 Å². The van der Waals surface area contributed by atoms with Crippen molar-refractivity contribution in [1.29, 1.82) is 0 Å². The maximum Gasteiger partial charge on any atom is 0.416 e. The van der Waals surface area contributed by atoms with E-state index in [1.54, 1.807) is 13.0 Å². The number of amides is 1. The summed E-state index contributed by atoms with van der Waals surface area (Å²) in [6.07, 6.45) is -2.63. The molecule has 166 valence electrons. The largest absolute Gasteiger partial charge is 0.416 e. The molecule has 1 atom stereocenters. The first-order valence-corrected chi connectivity index (χ1v) is 10.9. The number of fused-ring (bicyclic) bond motifs is 1. The maximum atomic E-state index is 13.4. The van der Waals surface area contributed by atoms with E-state index in [2.05, 4.69) is 20.7 Å². The lowest BCUT2D eigenvalue weighted by Gasteiger charge is -2.29. The van der Waals surface area contributed by atoms with Gasteiger partial charge in [0.2, 0.25) is 11.1 Å². The Kier molecular flexibility index (Phi) is 5.72. The summed E-state index contributed by atoms with van der Waals surface area (Å²) < 4.78 is 40.8. The van der Waals surface area contributed by atoms with Gasteiger partial charge in [-0.1, -0.05) is 42.1 Å². The summed E-state index contributed by atoms with van der Waals surface area (Å²) in [5.74, 6) is 0.0465. The molecule has 1 aliphatic rings. The van der Waals surface area contributed by atoms with E-state index in [1.807, 2.05) is 31.4 Å². The Balaban J connectivity index is 1.79. The van der Waals surface area contributed by atoms with Crippen molar-refractivity contribution in [2.45, 2.75) is 31.2 Å². The topological polar surface area (TPSA) is 71.8 Å². The molecule has 4 rings (SSSR count). The van der Waals surface area contributed by atoms with Gasteiger partial charge in [0.15, 0.2) is 0 Å². The van der Waals surface area contributed by atoms with E-state index in [9.17, 15) is 18.0 Å². The molecular formula is C22H20F3N5OS. The molecule has 10 heteroatoms. The van der Waals surface area contributed by atoms with Gasteiger partial charge in [-0.2, -0.15) is 18.2 Å². The summed E-state index contributed by atoms with van der Waals surface area (Å²) >= 11 is 1.33. The minimum absolute atomic E-state index is 0.345. The Labute approximate surface area is 186 Å². The number of anilines is 2. The second-order valence-electron chi connectivity index (χ2n) is 7.32. The van der Waals surface area contributed by atoms with Crippen LogP contribution in [-0.2, 0) is 11.0 Å². The highest BCUT2D eigenvalue weighted by molar-refractivity contribution is 7.98. The molecule has 1 aromatic heterocycles. The first-order valence-electron chi connectivity index (χ1n) is 9.71. The van der Waals surface area contributed by atoms with Crippen molar-refractivity contribution in [3.8, 4) is 0 Å². The molecule has 0 saturated carbocycles. The van der Waals surface area contributed by atoms with Crippen molar-refractivity contribution in [1.82, 2.24) is 14.8 Å². The average Bonchev–Trinajstić information content (AvgIpc) is 3.16. The first kappa shape index (κ1) is 21.9. The summed E-state index contributed by atoms with van der Waals surface area (Å²) in [6.45, 7) is 3.62. The smallest absolute Gasteiger partial charge is 0.328 e. The third kappa shape index (κ3) is 4.10. The number of hydrogen-bond acceptors (Lipinski definition) is 5. The summed E-state index contributed by atoms with van der Waals surface area (Å²) in [7, 11) is 0. The number of thioether (sulfide) groups is 1. The normalized spacial score (nSPS) is 15.9. The highest BCUT2D eigenvalue weighted by atomic mass is 32.2. The molecule has 0 bridgehead atoms. The van der Waals surface area contributed by atoms with E-state index in [4.69, 9.17) is 0 Å². The SMILES string of the molecule is CSc1nc2n(n1)[C@@H](c1ccc(C(F)(F)F)cc1)C(C(=O)Nc1ccccc1C)=C(C)N2. The van der Waals surface area contributed by atoms with Crippen LogP contribution in [0.2, 0.25) is 0 Å². The summed E-state index contributed by atoms with van der Waals surface area (Å²) in [5, 5.41) is 11.0. The van der Waals surface area contributed by atoms with Crippen LogP contribution in [0.5, 0.6) is 0 Å². The number of benzene rings is 2. The molecule has 2 aromatic carbocycles. The molecule has 1 amide bonds. The zero-order valence-corrected chi connectivity index (χ0v) is 18.3. The molecule has 1 aliphatic heterocycles. The van der Waals surface area contributed by atoms with E-state index in [1.165, 1.54) is 28.6 Å². The van der Waals surface area contributed by atoms with Gasteiger partial charge < -0.3 is 10.6 Å². The van der Waals surface area contributed by atoms with Crippen LogP contribution in [0.4, 0.5) is 24.8 Å². The van der Waals surface area contributed by atoms with Crippen LogP contribution in [0.15, 0.2) is 65.0 Å². The zero-order valence-electron chi connectivity index (χ0n) is 17.5. The Morgan fingerprint density at radius 3 is 2.44 bits per heavy atom. The fraction of sp³-hybridized carbons (Fsp3) is 0.227. The number of rotatable bonds is 4. The van der Waals surface area contributed by atoms with Gasteiger partial charge in [0.1, 0.15) is 6.04 Å². The second-order valence-corrected chi connectivity index (χ2v) is 8.10. The van der Waals surface area contributed by atoms with Crippen LogP contribution in [0.25, 0.3) is 0 Å². The highest BCUT2D eigenvalue weighted by Gasteiger charge is 2.36. The van der Waals surface area contributed by atoms with Gasteiger partial charge in [-0.3, -0.25) is 4.79 Å². The predicted octanol–water partition coefficient (Wildman–Crippen LogP) is 5.25. The van der Waals surface area contributed by atoms with E-state index in [0.717, 1.165) is 17.7 Å². The summed E-state index contributed by atoms with van der Waals surface area (Å²) in [4.78, 5) is 17.8. The van der Waals surface area contributed by atoms with E-state index in [-0.39, 0.29) is 5.91 Å². The molecule has 0 fully saturated rings. The molecule has 2 heterocycles. The molecule has 0 saturated heterocycles. The van der Waals surface area contributed by atoms with Gasteiger partial charge in [0.25, 0.3) is 5.91 Å². The van der Waals surface area contributed by atoms with E-state index in [0.29, 0.717) is 33.6 Å². The average molecular weight is 459 g/mol. The summed E-state index contributed by atoms with van der Waals surface area (Å²) in [5.41, 5.74) is 2.17. The van der Waals surface area contributed by atoms with Gasteiger partial charge in [-0.25, -0.2) is 4.68 Å². The number of nitrogens with one attached hydrogen (secondary N) is 2. The number of allylic oxidation sites excluding steroid dienone is 1. The number of nitrogens with zero attached hydrogens (tertiary/aromatic N) is 3. The van der Waals surface area contributed by atoms with Gasteiger partial charge in [-0.15, -0.1) is 5.10 Å². The van der Waals surface area contributed by atoms with Crippen LogP contribution in [0, 0.1) is 6.92 Å². The van der Waals surface area contributed by atoms with Crippen LogP contribution >= 0.6 is 11.8 Å². The molecule has 32 heavy (non-hydrogen) atoms. The number of aromatic nitrogens is 3. The molecular weight excluding hydrogens is 439 g/mol. The van der Waals surface area contributed by atoms with Crippen molar-refractivity contribution >= 4 is 29.3 Å². The lowest BCUT2D eigenvalue weighted by Crippen LogP contribution is -2.31. The Morgan fingerprint density at radius 1 is 1.12 bits per heavy atom. The number of hydrogen-bond donors (Lipinski definition) is 2. The van der Waals surface area contributed by atoms with Gasteiger partial charge in [0, 0.05) is 11.4 Å². The maximum absolute atomic E-state index is 13.4. The van der Waals surface area contributed by atoms with E-state index < -0.39 is 17.8 Å². The lowest BCUT2D eigenvalue weighted by atomic mass is 9.94. The van der Waals surface area contributed by atoms with Crippen molar-refractivity contribution in [2.75, 3.05) is 16.9 Å². The Hall–Kier alpha value is -3.27. The number of carbonyl (C=O) groups excluding carboxylic acids is 1. The molecule has 3 aromatic rings. The van der Waals surface area contributed by atoms with E-state index >= 15 is 0 Å². The Morgan fingerprint density at radius 2 is 1.81 bits per heavy atom. The number of aryl methyl sites for hydroxylation is 1. The monoisotopic (exact) mass is 459 g/mol. The Bertz CT molecular complexity index is 1200. The molecule has 0 spiro atoms. The van der Waals surface area contributed by atoms with Gasteiger partial charge in [0.05, 0.1) is 11.1 Å². The van der Waals surface area contributed by atoms with Gasteiger partial charge in [-0.05, 0) is 49.4 Å². The molecule has 0 aliphatic carbocycles. The van der Waals surface area contributed by atoms with Crippen LogP contribution in [-0.4, -0.2) is 26.9 Å². The molecule has 6 nitrogen and oxygen atoms in total. The molecule has 0 radical (unpaired) electrons. The number of halogens is 3. The van der Waals surface area contributed by atoms with Crippen LogP contribution in [0.3, 0.4) is 0 Å². The lowest BCUT2D eigenvalue weighted by molar-refractivity contribution is -0.137. The molecule has 0 unspecified atom stereocenters. The van der Waals surface area contributed by atoms with Crippen molar-refractivity contribution in [2.24, 2.45) is 0 Å². The van der Waals surface area contributed by atoms with Crippen molar-refractivity contribution in [3.05, 3.63) is 76.5 Å². The predicted molar refractivity (Wildman–Crippen MR) is 118 cm³/mol. The van der Waals surface area contributed by atoms with Crippen molar-refractivity contribution in [3.63, 3.8) is 0 Å². The van der Waals surface area contributed by atoms with Gasteiger partial charge >= 0.3 is 6.18 Å². The first-order chi connectivity index (χ1) is 15.2. The quantitative estimate of drug-likeness (QED) is 0.521. The number of para-hydroxylation sites is 1. The third-order valence-corrected chi connectivity index (χ3v) is 5.75. The highest BCUT2D eigenvalue weighted by Crippen LogP contribution is 2.38. The second kappa shape index (κ2) is 8.34. The molecule has 2 N–H and O–H groups in total.